The Balaban J connectivity index is 1.82. The van der Waals surface area contributed by atoms with E-state index in [1.54, 1.807) is 0 Å². The average molecular weight is 310 g/mol. The highest BCUT2D eigenvalue weighted by molar-refractivity contribution is 9.10. The molecule has 1 unspecified atom stereocenters. The highest BCUT2D eigenvalue weighted by atomic mass is 79.9. The van der Waals surface area contributed by atoms with Crippen LogP contribution in [-0.4, -0.2) is 30.2 Å². The van der Waals surface area contributed by atoms with Gasteiger partial charge in [0.2, 0.25) is 0 Å². The van der Waals surface area contributed by atoms with E-state index in [0.29, 0.717) is 12.1 Å². The fourth-order valence-corrected chi connectivity index (χ4v) is 3.13. The lowest BCUT2D eigenvalue weighted by atomic mass is 10.2. The van der Waals surface area contributed by atoms with Crippen molar-refractivity contribution in [3.8, 4) is 0 Å². The maximum atomic E-state index is 4.59. The fraction of sp³-hybridized carbons (Fsp3) is 0.643. The second-order valence-electron chi connectivity index (χ2n) is 5.44. The number of hydrogen-bond donors (Lipinski definition) is 1. The summed E-state index contributed by atoms with van der Waals surface area (Å²) in [6, 6.07) is 3.41. The zero-order valence-electron chi connectivity index (χ0n) is 10.8. The number of halogens is 1. The molecule has 0 bridgehead atoms. The molecule has 4 heteroatoms. The Bertz CT molecular complexity index is 425. The first-order valence-corrected chi connectivity index (χ1v) is 7.66. The molecule has 1 saturated heterocycles. The summed E-state index contributed by atoms with van der Waals surface area (Å²) in [5.74, 6) is 1.13. The normalized spacial score (nSPS) is 23.3. The largest absolute Gasteiger partial charge is 0.351 e. The summed E-state index contributed by atoms with van der Waals surface area (Å²) in [6.07, 6.45) is 7.16. The van der Waals surface area contributed by atoms with E-state index in [1.165, 1.54) is 37.8 Å². The van der Waals surface area contributed by atoms with Crippen LogP contribution >= 0.6 is 15.9 Å². The molecule has 0 aromatic carbocycles. The molecule has 2 aliphatic rings. The van der Waals surface area contributed by atoms with Crippen molar-refractivity contribution in [2.24, 2.45) is 0 Å². The number of aromatic nitrogens is 1. The lowest BCUT2D eigenvalue weighted by molar-refractivity contribution is 0.575. The van der Waals surface area contributed by atoms with Crippen LogP contribution in [0.1, 0.15) is 31.2 Å². The molecule has 3 nitrogen and oxygen atoms in total. The molecule has 0 spiro atoms. The first-order valence-electron chi connectivity index (χ1n) is 6.87. The Morgan fingerprint density at radius 2 is 2.28 bits per heavy atom. The van der Waals surface area contributed by atoms with Crippen LogP contribution in [0.5, 0.6) is 0 Å². The molecule has 0 amide bonds. The molecule has 98 valence electrons. The van der Waals surface area contributed by atoms with E-state index in [2.05, 4.69) is 44.1 Å². The number of hydrogen-bond acceptors (Lipinski definition) is 3. The topological polar surface area (TPSA) is 28.2 Å². The Hall–Kier alpha value is -0.610. The van der Waals surface area contributed by atoms with Crippen molar-refractivity contribution >= 4 is 21.7 Å². The first-order chi connectivity index (χ1) is 8.75. The van der Waals surface area contributed by atoms with Gasteiger partial charge in [0.1, 0.15) is 5.82 Å². The lowest BCUT2D eigenvalue weighted by Gasteiger charge is -2.28. The molecule has 3 rings (SSSR count). The Morgan fingerprint density at radius 1 is 1.44 bits per heavy atom. The van der Waals surface area contributed by atoms with Crippen molar-refractivity contribution in [2.45, 2.75) is 44.7 Å². The van der Waals surface area contributed by atoms with Gasteiger partial charge in [-0.3, -0.25) is 0 Å². The number of aryl methyl sites for hydroxylation is 1. The van der Waals surface area contributed by atoms with Crippen LogP contribution in [0.15, 0.2) is 16.7 Å². The summed E-state index contributed by atoms with van der Waals surface area (Å²) in [5, 5.41) is 3.59. The van der Waals surface area contributed by atoms with E-state index >= 15 is 0 Å². The smallest absolute Gasteiger partial charge is 0.143 e. The average Bonchev–Trinajstić information content (AvgIpc) is 3.08. The van der Waals surface area contributed by atoms with Crippen molar-refractivity contribution in [3.63, 3.8) is 0 Å². The number of anilines is 1. The molecule has 18 heavy (non-hydrogen) atoms. The van der Waals surface area contributed by atoms with Gasteiger partial charge in [-0.05, 0) is 66.7 Å². The monoisotopic (exact) mass is 309 g/mol. The van der Waals surface area contributed by atoms with Gasteiger partial charge in [0.05, 0.1) is 4.47 Å². The predicted molar refractivity (Wildman–Crippen MR) is 78.1 cm³/mol. The van der Waals surface area contributed by atoms with Gasteiger partial charge in [-0.25, -0.2) is 4.98 Å². The number of nitrogens with zero attached hydrogens (tertiary/aromatic N) is 2. The van der Waals surface area contributed by atoms with E-state index in [-0.39, 0.29) is 0 Å². The van der Waals surface area contributed by atoms with Crippen molar-refractivity contribution in [1.29, 1.82) is 0 Å². The quantitative estimate of drug-likeness (QED) is 0.927. The summed E-state index contributed by atoms with van der Waals surface area (Å²) < 4.78 is 1.16. The maximum absolute atomic E-state index is 4.59. The minimum Gasteiger partial charge on any atom is -0.351 e. The van der Waals surface area contributed by atoms with Gasteiger partial charge in [0.15, 0.2) is 0 Å². The van der Waals surface area contributed by atoms with Gasteiger partial charge >= 0.3 is 0 Å². The minimum absolute atomic E-state index is 0.639. The number of nitrogens with one attached hydrogen (secondary N) is 1. The third-order valence-electron chi connectivity index (χ3n) is 3.90. The summed E-state index contributed by atoms with van der Waals surface area (Å²) in [5.41, 5.74) is 1.27. The van der Waals surface area contributed by atoms with Crippen LogP contribution in [0.25, 0.3) is 0 Å². The zero-order valence-corrected chi connectivity index (χ0v) is 12.4. The number of rotatable bonds is 4. The van der Waals surface area contributed by atoms with Crippen LogP contribution in [-0.2, 0) is 0 Å². The van der Waals surface area contributed by atoms with Crippen LogP contribution in [0.2, 0.25) is 0 Å². The van der Waals surface area contributed by atoms with E-state index in [9.17, 15) is 0 Å². The Morgan fingerprint density at radius 3 is 2.94 bits per heavy atom. The molecule has 1 aromatic heterocycles. The second-order valence-corrected chi connectivity index (χ2v) is 6.24. The zero-order chi connectivity index (χ0) is 12.5. The third kappa shape index (κ3) is 2.54. The van der Waals surface area contributed by atoms with Crippen LogP contribution < -0.4 is 10.2 Å². The van der Waals surface area contributed by atoms with E-state index in [4.69, 9.17) is 0 Å². The molecule has 2 fully saturated rings. The molecular formula is C14H20BrN3. The first kappa shape index (κ1) is 12.4. The number of pyridine rings is 1. The summed E-state index contributed by atoms with van der Waals surface area (Å²) in [7, 11) is 0. The van der Waals surface area contributed by atoms with E-state index in [0.717, 1.165) is 16.8 Å². The molecule has 1 aromatic rings. The Labute approximate surface area is 117 Å². The molecule has 1 N–H and O–H groups in total. The minimum atomic E-state index is 0.639. The van der Waals surface area contributed by atoms with Crippen LogP contribution in [0.4, 0.5) is 5.82 Å². The van der Waals surface area contributed by atoms with Crippen LogP contribution in [0, 0.1) is 6.92 Å². The van der Waals surface area contributed by atoms with Gasteiger partial charge in [-0.1, -0.05) is 0 Å². The molecule has 0 radical (unpaired) electrons. The second kappa shape index (κ2) is 5.17. The summed E-state index contributed by atoms with van der Waals surface area (Å²) in [4.78, 5) is 7.09. The van der Waals surface area contributed by atoms with Gasteiger partial charge in [-0.15, -0.1) is 0 Å². The standard InChI is InChI=1S/C14H20BrN3/c1-10-6-8-17-14(13(10)15)18(12-4-5-12)9-11-3-2-7-16-11/h6,8,11-12,16H,2-5,7,9H2,1H3. The van der Waals surface area contributed by atoms with Gasteiger partial charge in [0, 0.05) is 24.8 Å². The van der Waals surface area contributed by atoms with Gasteiger partial charge in [0.25, 0.3) is 0 Å². The summed E-state index contributed by atoms with van der Waals surface area (Å²) in [6.45, 7) is 4.40. The fourth-order valence-electron chi connectivity index (χ4n) is 2.67. The SMILES string of the molecule is Cc1ccnc(N(CC2CCCN2)C2CC2)c1Br. The van der Waals surface area contributed by atoms with Crippen LogP contribution in [0.3, 0.4) is 0 Å². The highest BCUT2D eigenvalue weighted by Crippen LogP contribution is 2.36. The van der Waals surface area contributed by atoms with E-state index in [1.807, 2.05) is 6.20 Å². The maximum Gasteiger partial charge on any atom is 0.143 e. The predicted octanol–water partition coefficient (Wildman–Crippen LogP) is 2.87. The molecule has 2 heterocycles. The highest BCUT2D eigenvalue weighted by Gasteiger charge is 2.33. The van der Waals surface area contributed by atoms with Crippen molar-refractivity contribution in [1.82, 2.24) is 10.3 Å². The molecule has 1 aliphatic heterocycles. The molecular weight excluding hydrogens is 290 g/mol. The molecule has 1 aliphatic carbocycles. The molecule has 1 atom stereocenters. The Kier molecular flexibility index (Phi) is 3.57. The summed E-state index contributed by atoms with van der Waals surface area (Å²) >= 11 is 3.70. The lowest BCUT2D eigenvalue weighted by Crippen LogP contribution is -2.39. The van der Waals surface area contributed by atoms with Gasteiger partial charge < -0.3 is 10.2 Å². The molecule has 1 saturated carbocycles. The van der Waals surface area contributed by atoms with E-state index < -0.39 is 0 Å². The van der Waals surface area contributed by atoms with Crippen molar-refractivity contribution in [2.75, 3.05) is 18.0 Å². The van der Waals surface area contributed by atoms with Gasteiger partial charge in [-0.2, -0.15) is 0 Å². The van der Waals surface area contributed by atoms with Crippen molar-refractivity contribution < 1.29 is 0 Å². The third-order valence-corrected chi connectivity index (χ3v) is 4.88. The van der Waals surface area contributed by atoms with Crippen molar-refractivity contribution in [3.05, 3.63) is 22.3 Å².